The zero-order valence-electron chi connectivity index (χ0n) is 15.7. The number of carbonyl (C=O) groups excluding carboxylic acids is 1. The first-order valence-corrected chi connectivity index (χ1v) is 8.93. The second kappa shape index (κ2) is 9.43. The average Bonchev–Trinajstić information content (AvgIpc) is 2.86. The minimum Gasteiger partial charge on any atom is -0.480 e. The number of non-ortho nitro benzene ring substituents is 1. The smallest absolute Gasteiger partial charge is 0.317 e. The number of nitro groups is 1. The lowest BCUT2D eigenvalue weighted by Crippen LogP contribution is -2.40. The van der Waals surface area contributed by atoms with Crippen molar-refractivity contribution in [2.45, 2.75) is 25.3 Å². The topological polar surface area (TPSA) is 107 Å². The van der Waals surface area contributed by atoms with Crippen LogP contribution in [0.25, 0.3) is 0 Å². The highest BCUT2D eigenvalue weighted by Crippen LogP contribution is 2.20. The third-order valence-corrected chi connectivity index (χ3v) is 4.98. The Balaban J connectivity index is 1.89. The maximum Gasteiger partial charge on any atom is 0.317 e. The molecule has 27 heavy (non-hydrogen) atoms. The van der Waals surface area contributed by atoms with Crippen LogP contribution >= 0.6 is 0 Å². The molecule has 1 amide bonds. The number of benzene rings is 1. The van der Waals surface area contributed by atoms with Gasteiger partial charge in [-0.05, 0) is 45.0 Å². The standard InChI is InChI=1S/C18H26N4O5/c1-19(13-18(24)25)14-4-3-10-21(11-9-14)12-17(23)20(2)15-5-7-16(8-6-15)22(26)27/h5-8,14H,3-4,9-13H2,1-2H3,(H,24,25). The molecule has 0 spiro atoms. The molecule has 148 valence electrons. The van der Waals surface area contributed by atoms with Gasteiger partial charge in [-0.3, -0.25) is 29.5 Å². The molecule has 1 heterocycles. The van der Waals surface area contributed by atoms with Crippen LogP contribution in [0.5, 0.6) is 0 Å². The summed E-state index contributed by atoms with van der Waals surface area (Å²) in [6, 6.07) is 6.10. The van der Waals surface area contributed by atoms with E-state index in [0.717, 1.165) is 32.4 Å². The van der Waals surface area contributed by atoms with Gasteiger partial charge < -0.3 is 10.0 Å². The predicted octanol–water partition coefficient (Wildman–Crippen LogP) is 1.43. The molecule has 1 fully saturated rings. The first-order chi connectivity index (χ1) is 12.8. The van der Waals surface area contributed by atoms with Gasteiger partial charge >= 0.3 is 5.97 Å². The number of likely N-dealkylation sites (N-methyl/N-ethyl adjacent to an activating group) is 2. The lowest BCUT2D eigenvalue weighted by Gasteiger charge is -2.26. The van der Waals surface area contributed by atoms with Crippen LogP contribution in [-0.2, 0) is 9.59 Å². The molecule has 0 radical (unpaired) electrons. The zero-order valence-corrected chi connectivity index (χ0v) is 15.7. The molecule has 1 aliphatic rings. The number of nitro benzene ring substituents is 1. The summed E-state index contributed by atoms with van der Waals surface area (Å²) in [5.41, 5.74) is 0.600. The van der Waals surface area contributed by atoms with Crippen molar-refractivity contribution < 1.29 is 19.6 Å². The third kappa shape index (κ3) is 6.00. The van der Waals surface area contributed by atoms with Crippen molar-refractivity contribution in [2.75, 3.05) is 45.2 Å². The fourth-order valence-electron chi connectivity index (χ4n) is 3.32. The Morgan fingerprint density at radius 2 is 1.89 bits per heavy atom. The molecular formula is C18H26N4O5. The van der Waals surface area contributed by atoms with Crippen LogP contribution in [0.1, 0.15) is 19.3 Å². The van der Waals surface area contributed by atoms with Crippen molar-refractivity contribution >= 4 is 23.3 Å². The molecule has 1 aromatic carbocycles. The highest BCUT2D eigenvalue weighted by Gasteiger charge is 2.23. The van der Waals surface area contributed by atoms with Gasteiger partial charge in [0.15, 0.2) is 0 Å². The minimum atomic E-state index is -0.835. The molecule has 0 aromatic heterocycles. The largest absolute Gasteiger partial charge is 0.480 e. The van der Waals surface area contributed by atoms with Gasteiger partial charge in [0.2, 0.25) is 5.91 Å². The fraction of sp³-hybridized carbons (Fsp3) is 0.556. The molecule has 0 bridgehead atoms. The van der Waals surface area contributed by atoms with E-state index in [-0.39, 0.29) is 30.7 Å². The normalized spacial score (nSPS) is 18.1. The first kappa shape index (κ1) is 20.8. The van der Waals surface area contributed by atoms with Gasteiger partial charge in [-0.1, -0.05) is 0 Å². The van der Waals surface area contributed by atoms with Gasteiger partial charge in [-0.2, -0.15) is 0 Å². The van der Waals surface area contributed by atoms with E-state index in [0.29, 0.717) is 5.69 Å². The highest BCUT2D eigenvalue weighted by molar-refractivity contribution is 5.94. The number of nitrogens with zero attached hydrogens (tertiary/aromatic N) is 4. The van der Waals surface area contributed by atoms with E-state index in [2.05, 4.69) is 4.90 Å². The zero-order chi connectivity index (χ0) is 20.0. The van der Waals surface area contributed by atoms with Gasteiger partial charge in [-0.25, -0.2) is 0 Å². The summed E-state index contributed by atoms with van der Waals surface area (Å²) in [4.78, 5) is 39.1. The van der Waals surface area contributed by atoms with E-state index in [1.54, 1.807) is 19.2 Å². The van der Waals surface area contributed by atoms with Crippen LogP contribution < -0.4 is 4.90 Å². The van der Waals surface area contributed by atoms with Crippen molar-refractivity contribution in [3.05, 3.63) is 34.4 Å². The number of aliphatic carboxylic acids is 1. The van der Waals surface area contributed by atoms with E-state index >= 15 is 0 Å². The van der Waals surface area contributed by atoms with Crippen molar-refractivity contribution in [3.63, 3.8) is 0 Å². The lowest BCUT2D eigenvalue weighted by atomic mass is 10.1. The molecular weight excluding hydrogens is 352 g/mol. The SMILES string of the molecule is CN(C(=O)CN1CCCC(N(C)CC(=O)O)CC1)c1ccc([N+](=O)[O-])cc1. The van der Waals surface area contributed by atoms with Crippen molar-refractivity contribution in [3.8, 4) is 0 Å². The molecule has 1 atom stereocenters. The molecule has 9 heteroatoms. The van der Waals surface area contributed by atoms with Gasteiger partial charge in [0.1, 0.15) is 0 Å². The Morgan fingerprint density at radius 3 is 2.48 bits per heavy atom. The number of carboxylic acid groups (broad SMARTS) is 1. The van der Waals surface area contributed by atoms with Crippen LogP contribution in [0, 0.1) is 10.1 Å². The van der Waals surface area contributed by atoms with Gasteiger partial charge in [0, 0.05) is 37.5 Å². The number of hydrogen-bond donors (Lipinski definition) is 1. The van der Waals surface area contributed by atoms with E-state index in [4.69, 9.17) is 5.11 Å². The number of likely N-dealkylation sites (tertiary alicyclic amines) is 1. The average molecular weight is 378 g/mol. The van der Waals surface area contributed by atoms with E-state index in [1.807, 2.05) is 11.9 Å². The maximum atomic E-state index is 12.6. The van der Waals surface area contributed by atoms with Crippen LogP contribution in [0.2, 0.25) is 0 Å². The first-order valence-electron chi connectivity index (χ1n) is 8.93. The van der Waals surface area contributed by atoms with Crippen molar-refractivity contribution in [1.82, 2.24) is 9.80 Å². The minimum absolute atomic E-state index is 0.0105. The summed E-state index contributed by atoms with van der Waals surface area (Å²) in [5.74, 6) is -0.917. The Morgan fingerprint density at radius 1 is 1.22 bits per heavy atom. The van der Waals surface area contributed by atoms with E-state index in [1.165, 1.54) is 17.0 Å². The maximum absolute atomic E-state index is 12.6. The number of hydrogen-bond acceptors (Lipinski definition) is 6. The fourth-order valence-corrected chi connectivity index (χ4v) is 3.32. The molecule has 1 saturated heterocycles. The van der Waals surface area contributed by atoms with Crippen LogP contribution in [0.3, 0.4) is 0 Å². The molecule has 1 aliphatic heterocycles. The van der Waals surface area contributed by atoms with Crippen molar-refractivity contribution in [2.24, 2.45) is 0 Å². The Bertz CT molecular complexity index is 679. The summed E-state index contributed by atoms with van der Waals surface area (Å²) in [5, 5.41) is 19.7. The lowest BCUT2D eigenvalue weighted by molar-refractivity contribution is -0.384. The predicted molar refractivity (Wildman–Crippen MR) is 101 cm³/mol. The summed E-state index contributed by atoms with van der Waals surface area (Å²) in [6.45, 7) is 1.81. The number of anilines is 1. The number of amides is 1. The van der Waals surface area contributed by atoms with Gasteiger partial charge in [0.05, 0.1) is 18.0 Å². The summed E-state index contributed by atoms with van der Waals surface area (Å²) in [6.07, 6.45) is 2.63. The molecule has 1 aromatic rings. The quantitative estimate of drug-likeness (QED) is 0.565. The third-order valence-electron chi connectivity index (χ3n) is 4.98. The van der Waals surface area contributed by atoms with Gasteiger partial charge in [0.25, 0.3) is 5.69 Å². The molecule has 9 nitrogen and oxygen atoms in total. The second-order valence-corrected chi connectivity index (χ2v) is 6.90. The Hall–Kier alpha value is -2.52. The van der Waals surface area contributed by atoms with Crippen LogP contribution in [0.15, 0.2) is 24.3 Å². The summed E-state index contributed by atoms with van der Waals surface area (Å²) < 4.78 is 0. The monoisotopic (exact) mass is 378 g/mol. The van der Waals surface area contributed by atoms with Crippen molar-refractivity contribution in [1.29, 1.82) is 0 Å². The Labute approximate surface area is 158 Å². The molecule has 1 unspecified atom stereocenters. The second-order valence-electron chi connectivity index (χ2n) is 6.90. The number of rotatable bonds is 7. The number of carboxylic acids is 1. The molecule has 0 aliphatic carbocycles. The summed E-state index contributed by atoms with van der Waals surface area (Å²) >= 11 is 0. The Kier molecular flexibility index (Phi) is 7.26. The molecule has 2 rings (SSSR count). The van der Waals surface area contributed by atoms with E-state index in [9.17, 15) is 19.7 Å². The van der Waals surface area contributed by atoms with Crippen LogP contribution in [-0.4, -0.2) is 78.0 Å². The van der Waals surface area contributed by atoms with Gasteiger partial charge in [-0.15, -0.1) is 0 Å². The number of carbonyl (C=O) groups is 2. The molecule has 0 saturated carbocycles. The highest BCUT2D eigenvalue weighted by atomic mass is 16.6. The summed E-state index contributed by atoms with van der Waals surface area (Å²) in [7, 11) is 3.48. The van der Waals surface area contributed by atoms with Crippen LogP contribution in [0.4, 0.5) is 11.4 Å². The van der Waals surface area contributed by atoms with E-state index < -0.39 is 10.9 Å². The molecule has 1 N–H and O–H groups in total.